The molecule has 1 N–H and O–H groups in total. The second kappa shape index (κ2) is 12.0. The summed E-state index contributed by atoms with van der Waals surface area (Å²) in [5.41, 5.74) is 1.90. The summed E-state index contributed by atoms with van der Waals surface area (Å²) in [4.78, 5) is 19.4. The van der Waals surface area contributed by atoms with Crippen molar-refractivity contribution in [3.05, 3.63) is 78.1 Å². The minimum Gasteiger partial charge on any atom is -0.444 e. The molecule has 3 aromatic rings. The number of carbonyl (C=O) groups excluding carboxylic acids is 1. The number of fused-ring (bicyclic) bond motifs is 1. The molecule has 2 aromatic carbocycles. The summed E-state index contributed by atoms with van der Waals surface area (Å²) < 4.78 is 5.83. The third-order valence-corrected chi connectivity index (χ3v) is 6.01. The number of aromatic nitrogens is 1. The summed E-state index contributed by atoms with van der Waals surface area (Å²) in [5.74, 6) is 0. The highest BCUT2D eigenvalue weighted by Gasteiger charge is 2.31. The number of pyridine rings is 1. The van der Waals surface area contributed by atoms with Gasteiger partial charge in [0.05, 0.1) is 6.04 Å². The quantitative estimate of drug-likeness (QED) is 0.382. The van der Waals surface area contributed by atoms with Crippen LogP contribution >= 0.6 is 0 Å². The Bertz CT molecular complexity index is 1050. The molecule has 1 unspecified atom stereocenters. The van der Waals surface area contributed by atoms with Gasteiger partial charge in [-0.05, 0) is 69.2 Å². The lowest BCUT2D eigenvalue weighted by molar-refractivity contribution is 0.0116. The molecule has 0 fully saturated rings. The SMILES string of the molecule is CCCC([C@@H](C)NCc1ccc2cnccc2c1)N(CCc1ccccc1)C(=O)OC(C)(C)C. The summed E-state index contributed by atoms with van der Waals surface area (Å²) in [6.45, 7) is 11.5. The number of carbonyl (C=O) groups is 1. The van der Waals surface area contributed by atoms with Crippen LogP contribution in [0.1, 0.15) is 58.6 Å². The highest BCUT2D eigenvalue weighted by Crippen LogP contribution is 2.19. The van der Waals surface area contributed by atoms with Crippen molar-refractivity contribution in [1.29, 1.82) is 0 Å². The maximum atomic E-state index is 13.3. The van der Waals surface area contributed by atoms with Crippen molar-refractivity contribution in [2.75, 3.05) is 6.54 Å². The zero-order valence-corrected chi connectivity index (χ0v) is 21.3. The number of ether oxygens (including phenoxy) is 1. The summed E-state index contributed by atoms with van der Waals surface area (Å²) in [6.07, 6.45) is 6.17. The van der Waals surface area contributed by atoms with E-state index in [1.54, 1.807) is 0 Å². The minimum atomic E-state index is -0.532. The van der Waals surface area contributed by atoms with E-state index in [4.69, 9.17) is 4.74 Å². The third kappa shape index (κ3) is 7.56. The van der Waals surface area contributed by atoms with Gasteiger partial charge in [0.1, 0.15) is 5.60 Å². The molecule has 5 heteroatoms. The second-order valence-corrected chi connectivity index (χ2v) is 9.99. The lowest BCUT2D eigenvalue weighted by Crippen LogP contribution is -2.52. The Kier molecular flexibility index (Phi) is 9.05. The fraction of sp³-hybridized carbons (Fsp3) is 0.448. The first-order chi connectivity index (χ1) is 16.3. The molecule has 0 aliphatic heterocycles. The van der Waals surface area contributed by atoms with Crippen LogP contribution in [0.25, 0.3) is 10.8 Å². The standard InChI is InChI=1S/C29H39N3O2/c1-6-10-27(22(2)31-20-24-13-14-26-21-30-17-15-25(26)19-24)32(28(33)34-29(3,4)5)18-16-23-11-8-7-9-12-23/h7-9,11-15,17,19,21-22,27,31H,6,10,16,18,20H2,1-5H3/t22-,27?/m1/s1. The molecule has 34 heavy (non-hydrogen) atoms. The molecule has 0 spiro atoms. The molecule has 0 aliphatic carbocycles. The Morgan fingerprint density at radius 1 is 1.06 bits per heavy atom. The summed E-state index contributed by atoms with van der Waals surface area (Å²) >= 11 is 0. The van der Waals surface area contributed by atoms with E-state index < -0.39 is 5.60 Å². The van der Waals surface area contributed by atoms with Crippen LogP contribution in [-0.2, 0) is 17.7 Å². The van der Waals surface area contributed by atoms with E-state index in [9.17, 15) is 4.79 Å². The topological polar surface area (TPSA) is 54.5 Å². The van der Waals surface area contributed by atoms with E-state index in [0.29, 0.717) is 6.54 Å². The van der Waals surface area contributed by atoms with Crippen molar-refractivity contribution in [3.63, 3.8) is 0 Å². The predicted molar refractivity (Wildman–Crippen MR) is 140 cm³/mol. The highest BCUT2D eigenvalue weighted by atomic mass is 16.6. The van der Waals surface area contributed by atoms with E-state index >= 15 is 0 Å². The molecule has 2 atom stereocenters. The van der Waals surface area contributed by atoms with Crippen LogP contribution in [0, 0.1) is 0 Å². The third-order valence-electron chi connectivity index (χ3n) is 6.01. The van der Waals surface area contributed by atoms with E-state index in [1.807, 2.05) is 62.3 Å². The van der Waals surface area contributed by atoms with Gasteiger partial charge in [-0.15, -0.1) is 0 Å². The average Bonchev–Trinajstić information content (AvgIpc) is 2.81. The first kappa shape index (κ1) is 25.7. The zero-order valence-electron chi connectivity index (χ0n) is 21.3. The van der Waals surface area contributed by atoms with Gasteiger partial charge in [0, 0.05) is 36.9 Å². The highest BCUT2D eigenvalue weighted by molar-refractivity contribution is 5.82. The zero-order chi connectivity index (χ0) is 24.6. The number of hydrogen-bond donors (Lipinski definition) is 1. The fourth-order valence-corrected chi connectivity index (χ4v) is 4.24. The molecule has 1 amide bonds. The minimum absolute atomic E-state index is 0.0354. The van der Waals surface area contributed by atoms with Gasteiger partial charge in [0.25, 0.3) is 0 Å². The molecule has 0 radical (unpaired) electrons. The van der Waals surface area contributed by atoms with Gasteiger partial charge >= 0.3 is 6.09 Å². The van der Waals surface area contributed by atoms with Crippen molar-refractivity contribution in [2.24, 2.45) is 0 Å². The Labute approximate surface area is 204 Å². The predicted octanol–water partition coefficient (Wildman–Crippen LogP) is 6.36. The Hall–Kier alpha value is -2.92. The largest absolute Gasteiger partial charge is 0.444 e. The molecule has 5 nitrogen and oxygen atoms in total. The fourth-order valence-electron chi connectivity index (χ4n) is 4.24. The normalized spacial score (nSPS) is 13.4. The molecule has 0 aliphatic rings. The second-order valence-electron chi connectivity index (χ2n) is 9.99. The maximum absolute atomic E-state index is 13.3. The van der Waals surface area contributed by atoms with Gasteiger partial charge in [-0.2, -0.15) is 0 Å². The first-order valence-corrected chi connectivity index (χ1v) is 12.4. The summed E-state index contributed by atoms with van der Waals surface area (Å²) in [6, 6.07) is 19.0. The van der Waals surface area contributed by atoms with Gasteiger partial charge in [0.2, 0.25) is 0 Å². The molecule has 0 bridgehead atoms. The molecule has 0 saturated heterocycles. The Morgan fingerprint density at radius 2 is 1.82 bits per heavy atom. The van der Waals surface area contributed by atoms with Gasteiger partial charge in [-0.25, -0.2) is 4.79 Å². The molecular formula is C29H39N3O2. The molecular weight excluding hydrogens is 422 g/mol. The van der Waals surface area contributed by atoms with Crippen LogP contribution in [0.2, 0.25) is 0 Å². The van der Waals surface area contributed by atoms with Crippen LogP contribution in [0.4, 0.5) is 4.79 Å². The Balaban J connectivity index is 1.74. The molecule has 1 aromatic heterocycles. The maximum Gasteiger partial charge on any atom is 0.410 e. The lowest BCUT2D eigenvalue weighted by atomic mass is 10.0. The molecule has 0 saturated carbocycles. The van der Waals surface area contributed by atoms with Crippen LogP contribution in [-0.4, -0.2) is 40.2 Å². The van der Waals surface area contributed by atoms with Crippen molar-refractivity contribution in [2.45, 2.75) is 78.1 Å². The van der Waals surface area contributed by atoms with Crippen LogP contribution < -0.4 is 5.32 Å². The summed E-state index contributed by atoms with van der Waals surface area (Å²) in [7, 11) is 0. The monoisotopic (exact) mass is 461 g/mol. The number of rotatable bonds is 10. The van der Waals surface area contributed by atoms with Gasteiger partial charge in [-0.1, -0.05) is 55.8 Å². The van der Waals surface area contributed by atoms with Crippen molar-refractivity contribution in [3.8, 4) is 0 Å². The van der Waals surface area contributed by atoms with Crippen molar-refractivity contribution >= 4 is 16.9 Å². The van der Waals surface area contributed by atoms with E-state index in [2.05, 4.69) is 54.5 Å². The van der Waals surface area contributed by atoms with E-state index in [1.165, 1.54) is 16.5 Å². The van der Waals surface area contributed by atoms with E-state index in [-0.39, 0.29) is 18.2 Å². The first-order valence-electron chi connectivity index (χ1n) is 12.4. The van der Waals surface area contributed by atoms with Crippen molar-refractivity contribution < 1.29 is 9.53 Å². The van der Waals surface area contributed by atoms with Crippen molar-refractivity contribution in [1.82, 2.24) is 15.2 Å². The van der Waals surface area contributed by atoms with Gasteiger partial charge in [-0.3, -0.25) is 4.98 Å². The number of nitrogens with one attached hydrogen (secondary N) is 1. The number of hydrogen-bond acceptors (Lipinski definition) is 4. The number of nitrogens with zero attached hydrogens (tertiary/aromatic N) is 2. The lowest BCUT2D eigenvalue weighted by Gasteiger charge is -2.37. The van der Waals surface area contributed by atoms with Gasteiger partial charge < -0.3 is 15.0 Å². The Morgan fingerprint density at radius 3 is 2.53 bits per heavy atom. The van der Waals surface area contributed by atoms with E-state index in [0.717, 1.165) is 31.2 Å². The molecule has 182 valence electrons. The molecule has 3 rings (SSSR count). The summed E-state index contributed by atoms with van der Waals surface area (Å²) in [5, 5.41) is 6.00. The van der Waals surface area contributed by atoms with Crippen LogP contribution in [0.15, 0.2) is 67.0 Å². The smallest absolute Gasteiger partial charge is 0.410 e. The number of amides is 1. The molecule has 1 heterocycles. The average molecular weight is 462 g/mol. The van der Waals surface area contributed by atoms with Crippen LogP contribution in [0.3, 0.4) is 0 Å². The van der Waals surface area contributed by atoms with Crippen LogP contribution in [0.5, 0.6) is 0 Å². The number of benzene rings is 2. The van der Waals surface area contributed by atoms with Gasteiger partial charge in [0.15, 0.2) is 0 Å².